The van der Waals surface area contributed by atoms with E-state index in [0.29, 0.717) is 11.8 Å². The van der Waals surface area contributed by atoms with Crippen LogP contribution in [0.5, 0.6) is 0 Å². The maximum absolute atomic E-state index is 11.4. The second kappa shape index (κ2) is 9.85. The molecule has 0 radical (unpaired) electrons. The molecular formula is C12H27NO3S. The number of rotatable bonds is 11. The second-order valence-corrected chi connectivity index (χ2v) is 6.74. The molecule has 5 heteroatoms. The fourth-order valence-electron chi connectivity index (χ4n) is 1.81. The maximum Gasteiger partial charge on any atom is 0.150 e. The highest BCUT2D eigenvalue weighted by Gasteiger charge is 2.11. The molecule has 0 aromatic heterocycles. The summed E-state index contributed by atoms with van der Waals surface area (Å²) >= 11 is 0. The zero-order valence-electron chi connectivity index (χ0n) is 11.4. The fourth-order valence-corrected chi connectivity index (χ4v) is 2.70. The first-order valence-electron chi connectivity index (χ1n) is 6.48. The Morgan fingerprint density at radius 2 is 1.82 bits per heavy atom. The van der Waals surface area contributed by atoms with Crippen LogP contribution in [0.15, 0.2) is 0 Å². The van der Waals surface area contributed by atoms with Crippen LogP contribution in [0.25, 0.3) is 0 Å². The van der Waals surface area contributed by atoms with Gasteiger partial charge in [-0.3, -0.25) is 0 Å². The Bertz CT molecular complexity index is 265. The van der Waals surface area contributed by atoms with Crippen LogP contribution in [0.2, 0.25) is 0 Å². The summed E-state index contributed by atoms with van der Waals surface area (Å²) in [5, 5.41) is 3.40. The van der Waals surface area contributed by atoms with Gasteiger partial charge in [-0.15, -0.1) is 0 Å². The van der Waals surface area contributed by atoms with Crippen LogP contribution in [0.3, 0.4) is 0 Å². The van der Waals surface area contributed by atoms with Gasteiger partial charge >= 0.3 is 0 Å². The molecule has 4 nitrogen and oxygen atoms in total. The Morgan fingerprint density at radius 3 is 2.35 bits per heavy atom. The van der Waals surface area contributed by atoms with E-state index in [0.717, 1.165) is 38.8 Å². The summed E-state index contributed by atoms with van der Waals surface area (Å²) in [6.07, 6.45) is 3.75. The molecule has 0 heterocycles. The molecule has 0 rings (SSSR count). The van der Waals surface area contributed by atoms with Crippen LogP contribution in [-0.2, 0) is 14.6 Å². The lowest BCUT2D eigenvalue weighted by Gasteiger charge is -2.17. The highest BCUT2D eigenvalue weighted by Crippen LogP contribution is 2.07. The van der Waals surface area contributed by atoms with Crippen molar-refractivity contribution in [3.8, 4) is 0 Å². The van der Waals surface area contributed by atoms with E-state index in [9.17, 15) is 8.42 Å². The van der Waals surface area contributed by atoms with E-state index in [-0.39, 0.29) is 5.75 Å². The van der Waals surface area contributed by atoms with E-state index in [4.69, 9.17) is 4.74 Å². The average Bonchev–Trinajstić information content (AvgIpc) is 2.29. The van der Waals surface area contributed by atoms with Crippen LogP contribution >= 0.6 is 0 Å². The topological polar surface area (TPSA) is 55.4 Å². The highest BCUT2D eigenvalue weighted by atomic mass is 32.2. The summed E-state index contributed by atoms with van der Waals surface area (Å²) in [5.74, 6) is 0.568. The largest absolute Gasteiger partial charge is 0.385 e. The first-order valence-corrected chi connectivity index (χ1v) is 8.30. The molecule has 0 aliphatic heterocycles. The van der Waals surface area contributed by atoms with E-state index in [2.05, 4.69) is 12.2 Å². The quantitative estimate of drug-likeness (QED) is 0.577. The molecule has 1 atom stereocenters. The van der Waals surface area contributed by atoms with Crippen molar-refractivity contribution in [1.29, 1.82) is 0 Å². The Kier molecular flexibility index (Phi) is 9.78. The van der Waals surface area contributed by atoms with Crippen molar-refractivity contribution >= 4 is 9.84 Å². The second-order valence-electron chi connectivity index (χ2n) is 4.27. The molecule has 1 N–H and O–H groups in total. The Morgan fingerprint density at radius 1 is 1.18 bits per heavy atom. The van der Waals surface area contributed by atoms with Gasteiger partial charge in [0, 0.05) is 25.5 Å². The van der Waals surface area contributed by atoms with Gasteiger partial charge in [0.2, 0.25) is 0 Å². The molecule has 0 saturated heterocycles. The van der Waals surface area contributed by atoms with Crippen molar-refractivity contribution in [2.24, 2.45) is 0 Å². The SMILES string of the molecule is CCNC(CCCOC)CCCS(=O)(=O)CC. The highest BCUT2D eigenvalue weighted by molar-refractivity contribution is 7.91. The predicted molar refractivity (Wildman–Crippen MR) is 72.1 cm³/mol. The molecule has 1 unspecified atom stereocenters. The number of nitrogens with one attached hydrogen (secondary N) is 1. The lowest BCUT2D eigenvalue weighted by molar-refractivity contribution is 0.188. The van der Waals surface area contributed by atoms with Crippen molar-refractivity contribution in [3.05, 3.63) is 0 Å². The lowest BCUT2D eigenvalue weighted by Crippen LogP contribution is -2.29. The number of hydrogen-bond donors (Lipinski definition) is 1. The molecule has 0 bridgehead atoms. The summed E-state index contributed by atoms with van der Waals surface area (Å²) in [4.78, 5) is 0. The first-order chi connectivity index (χ1) is 8.05. The van der Waals surface area contributed by atoms with Gasteiger partial charge < -0.3 is 10.1 Å². The van der Waals surface area contributed by atoms with Crippen molar-refractivity contribution < 1.29 is 13.2 Å². The van der Waals surface area contributed by atoms with E-state index >= 15 is 0 Å². The number of ether oxygens (including phenoxy) is 1. The smallest absolute Gasteiger partial charge is 0.150 e. The molecule has 0 fully saturated rings. The molecule has 0 saturated carbocycles. The van der Waals surface area contributed by atoms with Crippen LogP contribution in [0, 0.1) is 0 Å². The van der Waals surface area contributed by atoms with Crippen molar-refractivity contribution in [1.82, 2.24) is 5.32 Å². The summed E-state index contributed by atoms with van der Waals surface area (Å²) < 4.78 is 27.7. The molecule has 0 spiro atoms. The molecular weight excluding hydrogens is 238 g/mol. The number of methoxy groups -OCH3 is 1. The molecule has 0 aliphatic carbocycles. The Labute approximate surface area is 106 Å². The lowest BCUT2D eigenvalue weighted by atomic mass is 10.1. The van der Waals surface area contributed by atoms with Gasteiger partial charge in [-0.2, -0.15) is 0 Å². The van der Waals surface area contributed by atoms with Crippen LogP contribution in [-0.4, -0.2) is 46.2 Å². The van der Waals surface area contributed by atoms with Gasteiger partial charge in [0.1, 0.15) is 9.84 Å². The third-order valence-electron chi connectivity index (χ3n) is 2.84. The average molecular weight is 265 g/mol. The minimum atomic E-state index is -2.81. The van der Waals surface area contributed by atoms with E-state index in [1.807, 2.05) is 0 Å². The van der Waals surface area contributed by atoms with Crippen molar-refractivity contribution in [3.63, 3.8) is 0 Å². The Balaban J connectivity index is 3.83. The fraction of sp³-hybridized carbons (Fsp3) is 1.00. The zero-order valence-corrected chi connectivity index (χ0v) is 12.2. The van der Waals surface area contributed by atoms with Gasteiger partial charge in [-0.05, 0) is 32.2 Å². The number of sulfone groups is 1. The van der Waals surface area contributed by atoms with E-state index in [1.165, 1.54) is 0 Å². The van der Waals surface area contributed by atoms with Gasteiger partial charge in [0.05, 0.1) is 5.75 Å². The monoisotopic (exact) mass is 265 g/mol. The minimum Gasteiger partial charge on any atom is -0.385 e. The molecule has 0 aliphatic rings. The third kappa shape index (κ3) is 9.56. The molecule has 17 heavy (non-hydrogen) atoms. The van der Waals surface area contributed by atoms with Gasteiger partial charge in [0.15, 0.2) is 0 Å². The van der Waals surface area contributed by atoms with E-state index in [1.54, 1.807) is 14.0 Å². The molecule has 0 aromatic carbocycles. The third-order valence-corrected chi connectivity index (χ3v) is 4.63. The van der Waals surface area contributed by atoms with E-state index < -0.39 is 9.84 Å². The zero-order chi connectivity index (χ0) is 13.1. The first kappa shape index (κ1) is 16.9. The molecule has 0 amide bonds. The Hall–Kier alpha value is -0.130. The maximum atomic E-state index is 11.4. The number of hydrogen-bond acceptors (Lipinski definition) is 4. The summed E-state index contributed by atoms with van der Waals surface area (Å²) in [6.45, 7) is 5.48. The van der Waals surface area contributed by atoms with Crippen molar-refractivity contribution in [2.75, 3.05) is 31.8 Å². The standard InChI is InChI=1S/C12H27NO3S/c1-4-13-12(8-6-10-16-3)9-7-11-17(14,15)5-2/h12-13H,4-11H2,1-3H3. The van der Waals surface area contributed by atoms with Crippen LogP contribution < -0.4 is 5.32 Å². The van der Waals surface area contributed by atoms with Gasteiger partial charge in [0.25, 0.3) is 0 Å². The van der Waals surface area contributed by atoms with Crippen LogP contribution in [0.1, 0.15) is 39.5 Å². The minimum absolute atomic E-state index is 0.253. The summed E-state index contributed by atoms with van der Waals surface area (Å²) in [6, 6.07) is 0.419. The van der Waals surface area contributed by atoms with Gasteiger partial charge in [-0.1, -0.05) is 13.8 Å². The summed E-state index contributed by atoms with van der Waals surface area (Å²) in [7, 11) is -1.10. The molecule has 104 valence electrons. The van der Waals surface area contributed by atoms with Crippen molar-refractivity contribution in [2.45, 2.75) is 45.6 Å². The van der Waals surface area contributed by atoms with Crippen LogP contribution in [0.4, 0.5) is 0 Å². The molecule has 0 aromatic rings. The summed E-state index contributed by atoms with van der Waals surface area (Å²) in [5.41, 5.74) is 0. The normalized spacial score (nSPS) is 13.8. The van der Waals surface area contributed by atoms with Gasteiger partial charge in [-0.25, -0.2) is 8.42 Å². The predicted octanol–water partition coefficient (Wildman–Crippen LogP) is 1.61.